The summed E-state index contributed by atoms with van der Waals surface area (Å²) in [5, 5.41) is 9.09. The molecule has 0 aromatic heterocycles. The van der Waals surface area contributed by atoms with Crippen molar-refractivity contribution in [2.45, 2.75) is 120 Å². The van der Waals surface area contributed by atoms with Crippen LogP contribution in [0.15, 0.2) is 112 Å². The fourth-order valence-electron chi connectivity index (χ4n) is 14.6. The number of imide groups is 2. The van der Waals surface area contributed by atoms with E-state index in [1.54, 1.807) is 71.4 Å². The van der Waals surface area contributed by atoms with Gasteiger partial charge >= 0.3 is 0 Å². The molecule has 89 heavy (non-hydrogen) atoms. The van der Waals surface area contributed by atoms with E-state index in [4.69, 9.17) is 9.47 Å². The molecule has 4 N–H and O–H groups in total. The van der Waals surface area contributed by atoms with Gasteiger partial charge in [0.15, 0.2) is 0 Å². The number of thioether (sulfide) groups is 1. The lowest BCUT2D eigenvalue weighted by molar-refractivity contribution is -0.167. The van der Waals surface area contributed by atoms with Gasteiger partial charge in [0.1, 0.15) is 6.04 Å². The van der Waals surface area contributed by atoms with Gasteiger partial charge in [0.25, 0.3) is 27.7 Å². The Morgan fingerprint density at radius 1 is 0.775 bits per heavy atom. The first-order valence-electron chi connectivity index (χ1n) is 31.9. The Labute approximate surface area is 528 Å². The van der Waals surface area contributed by atoms with Crippen molar-refractivity contribution in [1.29, 1.82) is 0 Å². The minimum Gasteiger partial charge on any atom is -0.382 e. The van der Waals surface area contributed by atoms with Crippen molar-refractivity contribution < 1.29 is 46.7 Å². The SMILES string of the molecule is Cc1cc(S(=O)(=O)NC(=O)c2ccc(N3CCN(CC4=C(C56CC(C)(C5)C6)CC(C)(C)CC4)CC3)cc2)ccc1N[C@H](CCN1CCN(C(=O)CCCOCCOCCNc2cccc3c2C(=O)N(C2CCC(=O)NC2=O)C3=O)CC1)CSc1ccccc1. The van der Waals surface area contributed by atoms with E-state index < -0.39 is 45.6 Å². The van der Waals surface area contributed by atoms with Gasteiger partial charge in [-0.25, -0.2) is 13.1 Å². The fraction of sp³-hybridized carbons (Fsp3) is 0.529. The second-order valence-electron chi connectivity index (χ2n) is 26.7. The largest absolute Gasteiger partial charge is 0.382 e. The number of piperazine rings is 2. The van der Waals surface area contributed by atoms with Gasteiger partial charge < -0.3 is 29.9 Å². The first kappa shape index (κ1) is 63.9. The van der Waals surface area contributed by atoms with Crippen LogP contribution in [0.5, 0.6) is 0 Å². The first-order valence-corrected chi connectivity index (χ1v) is 34.4. The summed E-state index contributed by atoms with van der Waals surface area (Å²) in [6.07, 6.45) is 9.80. The van der Waals surface area contributed by atoms with E-state index in [9.17, 15) is 37.2 Å². The molecule has 12 rings (SSSR count). The number of ether oxygens (including phenoxy) is 2. The molecule has 0 spiro atoms. The third-order valence-electron chi connectivity index (χ3n) is 19.3. The van der Waals surface area contributed by atoms with E-state index in [0.717, 1.165) is 91.3 Å². The molecule has 476 valence electrons. The molecule has 19 nitrogen and oxygen atoms in total. The second-order valence-corrected chi connectivity index (χ2v) is 29.4. The lowest BCUT2D eigenvalue weighted by atomic mass is 9.33. The number of rotatable bonds is 27. The quantitative estimate of drug-likeness (QED) is 0.0191. The smallest absolute Gasteiger partial charge is 0.264 e. The number of hydrogen-bond donors (Lipinski definition) is 4. The summed E-state index contributed by atoms with van der Waals surface area (Å²) < 4.78 is 41.3. The van der Waals surface area contributed by atoms with Crippen LogP contribution >= 0.6 is 11.8 Å². The summed E-state index contributed by atoms with van der Waals surface area (Å²) in [4.78, 5) is 88.7. The molecule has 0 radical (unpaired) electrons. The van der Waals surface area contributed by atoms with E-state index >= 15 is 0 Å². The molecule has 3 saturated heterocycles. The lowest BCUT2D eigenvalue weighted by Gasteiger charge is -2.72. The molecule has 4 aliphatic carbocycles. The predicted octanol–water partition coefficient (Wildman–Crippen LogP) is 8.37. The average Bonchev–Trinajstić information content (AvgIpc) is 1.21. The highest BCUT2D eigenvalue weighted by atomic mass is 32.2. The van der Waals surface area contributed by atoms with Gasteiger partial charge in [-0.05, 0) is 153 Å². The Morgan fingerprint density at radius 2 is 1.49 bits per heavy atom. The van der Waals surface area contributed by atoms with Crippen LogP contribution in [0.2, 0.25) is 0 Å². The predicted molar refractivity (Wildman–Crippen MR) is 345 cm³/mol. The summed E-state index contributed by atoms with van der Waals surface area (Å²) in [5.41, 5.74) is 8.73. The molecule has 3 saturated carbocycles. The number of aryl methyl sites for hydroxylation is 1. The number of piperidine rings is 1. The zero-order valence-corrected chi connectivity index (χ0v) is 53.7. The van der Waals surface area contributed by atoms with Gasteiger partial charge in [-0.15, -0.1) is 11.8 Å². The minimum atomic E-state index is -4.18. The van der Waals surface area contributed by atoms with E-state index in [1.807, 2.05) is 42.2 Å². The highest BCUT2D eigenvalue weighted by Gasteiger charge is 2.67. The molecule has 2 bridgehead atoms. The molecule has 8 aliphatic rings. The number of nitrogens with zero attached hydrogens (tertiary/aromatic N) is 5. The van der Waals surface area contributed by atoms with Crippen molar-refractivity contribution in [3.8, 4) is 0 Å². The standard InChI is InChI=1S/C68H87N9O10S2/c1-47-40-53(89(84,85)72-62(80)48-15-17-51(18-16-48)75-32-30-74(31-33-75)42-49-23-25-66(2,3)41-55(49)68-44-67(4,45-68)46-68)19-20-56(47)70-50(43-88-52-10-6-5-7-11-52)24-27-73-28-34-76(35-29-73)60(79)14-9-36-86-38-39-87-37-26-69-57-13-8-12-54-61(57)65(83)77(64(54)82)58-21-22-59(78)71-63(58)81/h5-8,10-13,15-20,40,50,58,69-70H,9,14,21-39,41-46H2,1-4H3,(H,72,80)(H,71,78,81)/t50-,58?,67?,68?/m1/s1. The summed E-state index contributed by atoms with van der Waals surface area (Å²) in [6.45, 7) is 19.4. The maximum Gasteiger partial charge on any atom is 0.264 e. The minimum absolute atomic E-state index is 0.0170. The number of hydrogen-bond acceptors (Lipinski definition) is 16. The first-order chi connectivity index (χ1) is 42.7. The molecule has 2 atom stereocenters. The Morgan fingerprint density at radius 3 is 2.20 bits per heavy atom. The summed E-state index contributed by atoms with van der Waals surface area (Å²) in [7, 11) is -4.18. The number of anilines is 3. The maximum absolute atomic E-state index is 13.7. The van der Waals surface area contributed by atoms with E-state index in [2.05, 4.69) is 68.3 Å². The van der Waals surface area contributed by atoms with Crippen molar-refractivity contribution >= 4 is 74.3 Å². The van der Waals surface area contributed by atoms with Crippen LogP contribution in [0, 0.1) is 23.2 Å². The van der Waals surface area contributed by atoms with Crippen LogP contribution < -0.4 is 25.6 Å². The third kappa shape index (κ3) is 15.1. The van der Waals surface area contributed by atoms with Crippen LogP contribution in [-0.2, 0) is 33.9 Å². The number of allylic oxidation sites excluding steroid dienone is 1. The zero-order chi connectivity index (χ0) is 62.5. The third-order valence-corrected chi connectivity index (χ3v) is 21.8. The monoisotopic (exact) mass is 1250 g/mol. The summed E-state index contributed by atoms with van der Waals surface area (Å²) >= 11 is 1.76. The van der Waals surface area contributed by atoms with E-state index in [0.29, 0.717) is 80.8 Å². The molecule has 6 amide bonds. The number of carbonyl (C=O) groups is 6. The normalized spacial score (nSPS) is 23.1. The van der Waals surface area contributed by atoms with Crippen LogP contribution in [-0.4, -0.2) is 180 Å². The van der Waals surface area contributed by atoms with Gasteiger partial charge in [-0.1, -0.05) is 56.2 Å². The van der Waals surface area contributed by atoms with Gasteiger partial charge in [0.05, 0.1) is 35.8 Å². The molecule has 4 heterocycles. The second kappa shape index (κ2) is 27.5. The Balaban J connectivity index is 0.580. The number of amides is 6. The Kier molecular flexibility index (Phi) is 19.7. The topological polar surface area (TPSA) is 219 Å². The van der Waals surface area contributed by atoms with E-state index in [1.165, 1.54) is 38.5 Å². The highest BCUT2D eigenvalue weighted by molar-refractivity contribution is 7.99. The summed E-state index contributed by atoms with van der Waals surface area (Å²) in [5.74, 6) is -2.02. The van der Waals surface area contributed by atoms with Crippen LogP contribution in [0.25, 0.3) is 0 Å². The zero-order valence-electron chi connectivity index (χ0n) is 52.0. The molecule has 1 unspecified atom stereocenters. The van der Waals surface area contributed by atoms with Gasteiger partial charge in [0, 0.05) is 131 Å². The maximum atomic E-state index is 13.7. The van der Waals surface area contributed by atoms with Crippen LogP contribution in [0.4, 0.5) is 17.1 Å². The van der Waals surface area contributed by atoms with Gasteiger partial charge in [0.2, 0.25) is 17.7 Å². The van der Waals surface area contributed by atoms with Gasteiger partial charge in [-0.2, -0.15) is 0 Å². The highest BCUT2D eigenvalue weighted by Crippen LogP contribution is 2.77. The molecule has 4 aromatic rings. The van der Waals surface area contributed by atoms with Crippen LogP contribution in [0.3, 0.4) is 0 Å². The molecular weight excluding hydrogens is 1170 g/mol. The number of carbonyl (C=O) groups excluding carboxylic acids is 6. The molecule has 4 aliphatic heterocycles. The molecule has 6 fully saturated rings. The van der Waals surface area contributed by atoms with Crippen molar-refractivity contribution in [3.63, 3.8) is 0 Å². The average molecular weight is 1250 g/mol. The van der Waals surface area contributed by atoms with Crippen molar-refractivity contribution in [2.24, 2.45) is 16.2 Å². The molecular formula is C68H87N9O10S2. The molecule has 4 aromatic carbocycles. The Bertz CT molecular complexity index is 3420. The van der Waals surface area contributed by atoms with Crippen molar-refractivity contribution in [3.05, 3.63) is 124 Å². The van der Waals surface area contributed by atoms with Crippen LogP contribution in [0.1, 0.15) is 128 Å². The number of sulfonamides is 1. The number of benzene rings is 4. The summed E-state index contributed by atoms with van der Waals surface area (Å²) in [6, 6.07) is 26.4. The van der Waals surface area contributed by atoms with Crippen molar-refractivity contribution in [2.75, 3.05) is 120 Å². The fourth-order valence-corrected chi connectivity index (χ4v) is 16.6. The number of fused-ring (bicyclic) bond motifs is 1. The lowest BCUT2D eigenvalue weighted by Crippen LogP contribution is -2.61. The van der Waals surface area contributed by atoms with Gasteiger partial charge in [-0.3, -0.25) is 48.8 Å². The van der Waals surface area contributed by atoms with Crippen molar-refractivity contribution in [1.82, 2.24) is 29.6 Å². The Hall–Kier alpha value is -6.62. The number of nitrogens with one attached hydrogen (secondary N) is 4. The molecule has 21 heteroatoms. The van der Waals surface area contributed by atoms with E-state index in [-0.39, 0.29) is 46.4 Å².